The van der Waals surface area contributed by atoms with Crippen molar-refractivity contribution < 1.29 is 27.4 Å². The fraction of sp³-hybridized carbons (Fsp3) is 0.143. The molecule has 0 amide bonds. The van der Waals surface area contributed by atoms with Gasteiger partial charge in [-0.15, -0.1) is 0 Å². The van der Waals surface area contributed by atoms with Crippen LogP contribution in [-0.4, -0.2) is 18.6 Å². The van der Waals surface area contributed by atoms with Gasteiger partial charge in [-0.2, -0.15) is 4.39 Å². The normalized spacial score (nSPS) is 11.7. The van der Waals surface area contributed by atoms with E-state index >= 15 is 0 Å². The zero-order valence-electron chi connectivity index (χ0n) is 7.04. The summed E-state index contributed by atoms with van der Waals surface area (Å²) in [6.07, 6.45) is 0. The van der Waals surface area contributed by atoms with E-state index < -0.39 is 43.5 Å². The van der Waals surface area contributed by atoms with Gasteiger partial charge in [0.25, 0.3) is 0 Å². The lowest BCUT2D eigenvalue weighted by atomic mass is 10.2. The maximum Gasteiger partial charge on any atom is 0.236 e. The second-order valence-corrected chi connectivity index (χ2v) is 5.49. The minimum Gasteiger partial charge on any atom is -0.505 e. The lowest BCUT2D eigenvalue weighted by Gasteiger charge is -2.05. The molecule has 0 aliphatic heterocycles. The average molecular weight is 259 g/mol. The van der Waals surface area contributed by atoms with Crippen molar-refractivity contribution in [2.24, 2.45) is 0 Å². The van der Waals surface area contributed by atoms with Gasteiger partial charge in [-0.25, -0.2) is 12.8 Å². The van der Waals surface area contributed by atoms with Crippen LogP contribution in [0.1, 0.15) is 5.56 Å². The smallest absolute Gasteiger partial charge is 0.236 e. The van der Waals surface area contributed by atoms with Crippen LogP contribution >= 0.6 is 10.7 Å². The number of hydrogen-bond donors (Lipinski definition) is 2. The molecule has 1 aromatic carbocycles. The Labute approximate surface area is 88.1 Å². The van der Waals surface area contributed by atoms with Gasteiger partial charge in [0.05, 0.1) is 5.75 Å². The van der Waals surface area contributed by atoms with Crippen LogP contribution in [0.15, 0.2) is 6.07 Å². The van der Waals surface area contributed by atoms with Crippen LogP contribution in [0, 0.1) is 11.6 Å². The fourth-order valence-electron chi connectivity index (χ4n) is 0.943. The molecule has 8 heteroatoms. The molecule has 0 spiro atoms. The minimum atomic E-state index is -4.05. The van der Waals surface area contributed by atoms with Crippen molar-refractivity contribution in [1.82, 2.24) is 0 Å². The number of phenols is 2. The van der Waals surface area contributed by atoms with E-state index in [0.29, 0.717) is 6.07 Å². The van der Waals surface area contributed by atoms with E-state index in [1.165, 1.54) is 0 Å². The largest absolute Gasteiger partial charge is 0.505 e. The van der Waals surface area contributed by atoms with Crippen LogP contribution in [0.3, 0.4) is 0 Å². The van der Waals surface area contributed by atoms with Gasteiger partial charge in [-0.3, -0.25) is 0 Å². The third-order valence-corrected chi connectivity index (χ3v) is 2.56. The number of benzene rings is 1. The number of rotatable bonds is 2. The van der Waals surface area contributed by atoms with Crippen molar-refractivity contribution >= 4 is 19.7 Å². The Bertz CT molecular complexity index is 500. The van der Waals surface area contributed by atoms with E-state index in [2.05, 4.69) is 0 Å². The topological polar surface area (TPSA) is 74.6 Å². The highest BCUT2D eigenvalue weighted by Crippen LogP contribution is 2.32. The first-order valence-electron chi connectivity index (χ1n) is 3.53. The van der Waals surface area contributed by atoms with E-state index in [-0.39, 0.29) is 0 Å². The highest BCUT2D eigenvalue weighted by molar-refractivity contribution is 8.13. The van der Waals surface area contributed by atoms with Crippen LogP contribution < -0.4 is 0 Å². The van der Waals surface area contributed by atoms with Gasteiger partial charge in [0.1, 0.15) is 0 Å². The predicted octanol–water partition coefficient (Wildman–Crippen LogP) is 1.44. The van der Waals surface area contributed by atoms with Crippen LogP contribution in [-0.2, 0) is 14.8 Å². The Morgan fingerprint density at radius 1 is 1.27 bits per heavy atom. The molecule has 0 fully saturated rings. The summed E-state index contributed by atoms with van der Waals surface area (Å²) in [5.74, 6) is -6.44. The van der Waals surface area contributed by atoms with Crippen molar-refractivity contribution in [2.75, 3.05) is 0 Å². The molecule has 1 aromatic rings. The molecule has 2 N–H and O–H groups in total. The van der Waals surface area contributed by atoms with Crippen molar-refractivity contribution in [3.05, 3.63) is 23.3 Å². The first-order chi connectivity index (χ1) is 6.72. The van der Waals surface area contributed by atoms with E-state index in [1.54, 1.807) is 0 Å². The molecule has 0 heterocycles. The van der Waals surface area contributed by atoms with Crippen molar-refractivity contribution in [1.29, 1.82) is 0 Å². The Kier molecular flexibility index (Phi) is 3.05. The summed E-state index contributed by atoms with van der Waals surface area (Å²) in [4.78, 5) is 0. The standard InChI is InChI=1S/C7H5ClF2O4S/c8-15(13,14)2-3-1-4(9)7(12)5(10)6(3)11/h1,11-12H,2H2. The Morgan fingerprint density at radius 3 is 2.27 bits per heavy atom. The lowest BCUT2D eigenvalue weighted by Crippen LogP contribution is -1.98. The molecule has 4 nitrogen and oxygen atoms in total. The van der Waals surface area contributed by atoms with Crippen LogP contribution in [0.4, 0.5) is 8.78 Å². The Balaban J connectivity index is 3.33. The molecule has 0 saturated carbocycles. The number of aromatic hydroxyl groups is 2. The van der Waals surface area contributed by atoms with Gasteiger partial charge in [-0.05, 0) is 6.07 Å². The summed E-state index contributed by atoms with van der Waals surface area (Å²) in [7, 11) is 0.789. The molecule has 0 unspecified atom stereocenters. The Morgan fingerprint density at radius 2 is 1.80 bits per heavy atom. The third-order valence-electron chi connectivity index (χ3n) is 1.58. The summed E-state index contributed by atoms with van der Waals surface area (Å²) in [6.45, 7) is 0. The summed E-state index contributed by atoms with van der Waals surface area (Å²) in [5, 5.41) is 17.8. The maximum atomic E-state index is 12.8. The fourth-order valence-corrected chi connectivity index (χ4v) is 1.89. The molecule has 0 atom stereocenters. The van der Waals surface area contributed by atoms with E-state index in [9.17, 15) is 17.2 Å². The summed E-state index contributed by atoms with van der Waals surface area (Å²) in [6, 6.07) is 0.494. The molecule has 0 aliphatic rings. The highest BCUT2D eigenvalue weighted by Gasteiger charge is 2.20. The highest BCUT2D eigenvalue weighted by atomic mass is 35.7. The summed E-state index contributed by atoms with van der Waals surface area (Å²) in [5.41, 5.74) is -0.558. The van der Waals surface area contributed by atoms with E-state index in [0.717, 1.165) is 0 Å². The van der Waals surface area contributed by atoms with Crippen molar-refractivity contribution in [2.45, 2.75) is 5.75 Å². The molecule has 0 aromatic heterocycles. The van der Waals surface area contributed by atoms with Crippen molar-refractivity contribution in [3.63, 3.8) is 0 Å². The first-order valence-corrected chi connectivity index (χ1v) is 6.01. The maximum absolute atomic E-state index is 12.8. The molecule has 0 aliphatic carbocycles. The quantitative estimate of drug-likeness (QED) is 0.788. The Hall–Kier alpha value is -1.08. The predicted molar refractivity (Wildman–Crippen MR) is 48.2 cm³/mol. The van der Waals surface area contributed by atoms with E-state index in [4.69, 9.17) is 20.9 Å². The molecule has 0 saturated heterocycles. The van der Waals surface area contributed by atoms with Crippen molar-refractivity contribution in [3.8, 4) is 11.5 Å². The molecule has 15 heavy (non-hydrogen) atoms. The number of phenolic OH excluding ortho intramolecular Hbond substituents is 2. The van der Waals surface area contributed by atoms with Gasteiger partial charge >= 0.3 is 0 Å². The van der Waals surface area contributed by atoms with E-state index in [1.807, 2.05) is 0 Å². The van der Waals surface area contributed by atoms with Gasteiger partial charge in [0.15, 0.2) is 17.3 Å². The first kappa shape index (κ1) is 12.0. The van der Waals surface area contributed by atoms with Crippen LogP contribution in [0.5, 0.6) is 11.5 Å². The minimum absolute atomic E-state index is 0.494. The third kappa shape index (κ3) is 2.69. The molecule has 84 valence electrons. The molecule has 0 radical (unpaired) electrons. The number of hydrogen-bond acceptors (Lipinski definition) is 4. The second-order valence-electron chi connectivity index (χ2n) is 2.71. The molecular weight excluding hydrogens is 254 g/mol. The van der Waals surface area contributed by atoms with Gasteiger partial charge in [0.2, 0.25) is 14.9 Å². The zero-order chi connectivity index (χ0) is 11.8. The SMILES string of the molecule is O=S(=O)(Cl)Cc1cc(F)c(O)c(F)c1O. The summed E-state index contributed by atoms with van der Waals surface area (Å²) < 4.78 is 46.8. The lowest BCUT2D eigenvalue weighted by molar-refractivity contribution is 0.364. The van der Waals surface area contributed by atoms with Crippen LogP contribution in [0.2, 0.25) is 0 Å². The zero-order valence-corrected chi connectivity index (χ0v) is 8.61. The van der Waals surface area contributed by atoms with Gasteiger partial charge < -0.3 is 10.2 Å². The molecule has 0 bridgehead atoms. The molecular formula is C7H5ClF2O4S. The number of halogens is 3. The second kappa shape index (κ2) is 3.82. The van der Waals surface area contributed by atoms with Gasteiger partial charge in [-0.1, -0.05) is 0 Å². The monoisotopic (exact) mass is 258 g/mol. The average Bonchev–Trinajstić information content (AvgIpc) is 2.08. The van der Waals surface area contributed by atoms with Gasteiger partial charge in [0, 0.05) is 16.2 Å². The van der Waals surface area contributed by atoms with Crippen LogP contribution in [0.25, 0.3) is 0 Å². The molecule has 1 rings (SSSR count). The summed E-state index contributed by atoms with van der Waals surface area (Å²) >= 11 is 0.